The molecule has 24 heavy (non-hydrogen) atoms. The van der Waals surface area contributed by atoms with E-state index < -0.39 is 0 Å². The minimum atomic E-state index is 0.356. The summed E-state index contributed by atoms with van der Waals surface area (Å²) in [6.45, 7) is 18.8. The normalized spacial score (nSPS) is 28.0. The molecule has 2 aliphatic rings. The summed E-state index contributed by atoms with van der Waals surface area (Å²) in [6.07, 6.45) is 8.94. The summed E-state index contributed by atoms with van der Waals surface area (Å²) in [5, 5.41) is 0. The van der Waals surface area contributed by atoms with Gasteiger partial charge in [0.15, 0.2) is 0 Å². The van der Waals surface area contributed by atoms with Gasteiger partial charge in [-0.1, -0.05) is 0 Å². The van der Waals surface area contributed by atoms with Crippen molar-refractivity contribution in [1.82, 2.24) is 9.80 Å². The highest BCUT2D eigenvalue weighted by Gasteiger charge is 2.31. The first-order valence-electron chi connectivity index (χ1n) is 10.4. The summed E-state index contributed by atoms with van der Waals surface area (Å²) in [5.41, 5.74) is 0.356. The van der Waals surface area contributed by atoms with Crippen molar-refractivity contribution in [2.24, 2.45) is 5.92 Å². The second-order valence-corrected chi connectivity index (χ2v) is 9.30. The molecule has 2 rings (SSSR count). The average molecular weight is 339 g/mol. The summed E-state index contributed by atoms with van der Waals surface area (Å²) in [7, 11) is 0. The van der Waals surface area contributed by atoms with Crippen molar-refractivity contribution < 1.29 is 4.74 Å². The van der Waals surface area contributed by atoms with E-state index in [0.29, 0.717) is 23.8 Å². The molecular weight excluding hydrogens is 296 g/mol. The van der Waals surface area contributed by atoms with Gasteiger partial charge >= 0.3 is 0 Å². The topological polar surface area (TPSA) is 15.7 Å². The maximum atomic E-state index is 6.00. The van der Waals surface area contributed by atoms with Crippen LogP contribution in [0, 0.1) is 5.92 Å². The molecule has 3 heteroatoms. The van der Waals surface area contributed by atoms with Crippen LogP contribution in [0.1, 0.15) is 80.1 Å². The molecule has 0 radical (unpaired) electrons. The predicted molar refractivity (Wildman–Crippen MR) is 104 cm³/mol. The van der Waals surface area contributed by atoms with Gasteiger partial charge in [-0.15, -0.1) is 0 Å². The second-order valence-electron chi connectivity index (χ2n) is 9.30. The van der Waals surface area contributed by atoms with Crippen LogP contribution in [0.2, 0.25) is 0 Å². The lowest BCUT2D eigenvalue weighted by Crippen LogP contribution is -2.55. The Hall–Kier alpha value is -0.120. The number of hydrogen-bond acceptors (Lipinski definition) is 3. The molecule has 0 spiro atoms. The Kier molecular flexibility index (Phi) is 7.58. The van der Waals surface area contributed by atoms with Crippen molar-refractivity contribution in [3.05, 3.63) is 0 Å². The number of hydrogen-bond donors (Lipinski definition) is 0. The van der Waals surface area contributed by atoms with E-state index in [1.165, 1.54) is 64.7 Å². The highest BCUT2D eigenvalue weighted by atomic mass is 16.5. The largest absolute Gasteiger partial charge is 0.376 e. The lowest BCUT2D eigenvalue weighted by molar-refractivity contribution is -0.0222. The molecule has 1 aliphatic heterocycles. The molecule has 0 aromatic heterocycles. The van der Waals surface area contributed by atoms with Crippen LogP contribution in [0.15, 0.2) is 0 Å². The Balaban J connectivity index is 1.70. The maximum Gasteiger partial charge on any atom is 0.0578 e. The third kappa shape index (κ3) is 6.00. The SMILES string of the molecule is CC(C)O[C@H]1CC[C@H](CCC(C)(C)N2CCN(C(C)C)CC2)CC1. The minimum absolute atomic E-state index is 0.356. The fourth-order valence-corrected chi connectivity index (χ4v) is 4.50. The van der Waals surface area contributed by atoms with E-state index in [1.54, 1.807) is 0 Å². The molecule has 0 N–H and O–H groups in total. The fourth-order valence-electron chi connectivity index (χ4n) is 4.50. The molecule has 1 saturated carbocycles. The third-order valence-electron chi connectivity index (χ3n) is 6.32. The van der Waals surface area contributed by atoms with Gasteiger partial charge in [-0.05, 0) is 86.0 Å². The third-order valence-corrected chi connectivity index (χ3v) is 6.32. The van der Waals surface area contributed by atoms with Crippen LogP contribution in [0.3, 0.4) is 0 Å². The predicted octanol–water partition coefficient (Wildman–Crippen LogP) is 4.56. The molecular formula is C21H42N2O. The van der Waals surface area contributed by atoms with E-state index >= 15 is 0 Å². The molecule has 0 aromatic carbocycles. The molecule has 2 fully saturated rings. The summed E-state index contributed by atoms with van der Waals surface area (Å²) in [4.78, 5) is 5.35. The Labute approximate surface area is 151 Å². The van der Waals surface area contributed by atoms with E-state index in [-0.39, 0.29) is 0 Å². The minimum Gasteiger partial charge on any atom is -0.376 e. The fraction of sp³-hybridized carbons (Fsp3) is 1.00. The van der Waals surface area contributed by atoms with Crippen molar-refractivity contribution in [2.75, 3.05) is 26.2 Å². The Morgan fingerprint density at radius 3 is 2.00 bits per heavy atom. The average Bonchev–Trinajstić information content (AvgIpc) is 2.54. The van der Waals surface area contributed by atoms with Crippen LogP contribution < -0.4 is 0 Å². The lowest BCUT2D eigenvalue weighted by atomic mass is 9.81. The van der Waals surface area contributed by atoms with Gasteiger partial charge in [-0.2, -0.15) is 0 Å². The van der Waals surface area contributed by atoms with Crippen molar-refractivity contribution in [3.63, 3.8) is 0 Å². The van der Waals surface area contributed by atoms with Crippen molar-refractivity contribution in [1.29, 1.82) is 0 Å². The molecule has 0 unspecified atom stereocenters. The van der Waals surface area contributed by atoms with Crippen LogP contribution in [0.5, 0.6) is 0 Å². The van der Waals surface area contributed by atoms with Crippen LogP contribution in [-0.4, -0.2) is 59.8 Å². The zero-order valence-corrected chi connectivity index (χ0v) is 17.2. The number of nitrogens with zero attached hydrogens (tertiary/aromatic N) is 2. The van der Waals surface area contributed by atoms with Crippen molar-refractivity contribution >= 4 is 0 Å². The van der Waals surface area contributed by atoms with Crippen LogP contribution in [0.25, 0.3) is 0 Å². The second kappa shape index (κ2) is 9.00. The smallest absolute Gasteiger partial charge is 0.0578 e. The standard InChI is InChI=1S/C21H42N2O/c1-17(2)22-13-15-23(16-14-22)21(5,6)12-11-19-7-9-20(10-8-19)24-18(3)4/h17-20H,7-16H2,1-6H3/t19-,20-. The summed E-state index contributed by atoms with van der Waals surface area (Å²) in [5.74, 6) is 0.924. The highest BCUT2D eigenvalue weighted by Crippen LogP contribution is 2.33. The molecule has 0 amide bonds. The number of piperazine rings is 1. The van der Waals surface area contributed by atoms with Gasteiger partial charge in [0.2, 0.25) is 0 Å². The first-order valence-corrected chi connectivity index (χ1v) is 10.4. The molecule has 0 aromatic rings. The Bertz CT molecular complexity index is 351. The number of ether oxygens (including phenoxy) is 1. The quantitative estimate of drug-likeness (QED) is 0.677. The molecule has 3 nitrogen and oxygen atoms in total. The zero-order valence-electron chi connectivity index (χ0n) is 17.2. The first kappa shape index (κ1) is 20.2. The van der Waals surface area contributed by atoms with Crippen LogP contribution in [-0.2, 0) is 4.74 Å². The summed E-state index contributed by atoms with van der Waals surface area (Å²) in [6, 6.07) is 0.693. The monoisotopic (exact) mass is 338 g/mol. The molecule has 0 atom stereocenters. The van der Waals surface area contributed by atoms with Gasteiger partial charge in [-0.3, -0.25) is 9.80 Å². The van der Waals surface area contributed by atoms with E-state index in [2.05, 4.69) is 51.3 Å². The van der Waals surface area contributed by atoms with Gasteiger partial charge in [0, 0.05) is 37.8 Å². The Morgan fingerprint density at radius 1 is 0.917 bits per heavy atom. The van der Waals surface area contributed by atoms with E-state index in [4.69, 9.17) is 4.74 Å². The van der Waals surface area contributed by atoms with Crippen molar-refractivity contribution in [3.8, 4) is 0 Å². The zero-order chi connectivity index (χ0) is 17.7. The number of rotatable bonds is 7. The van der Waals surface area contributed by atoms with E-state index in [1.807, 2.05) is 0 Å². The van der Waals surface area contributed by atoms with Crippen molar-refractivity contribution in [2.45, 2.75) is 104 Å². The highest BCUT2D eigenvalue weighted by molar-refractivity contribution is 4.87. The van der Waals surface area contributed by atoms with Gasteiger partial charge in [0.25, 0.3) is 0 Å². The summed E-state index contributed by atoms with van der Waals surface area (Å²) >= 11 is 0. The molecule has 0 bridgehead atoms. The molecule has 1 aliphatic carbocycles. The van der Waals surface area contributed by atoms with Crippen LogP contribution in [0.4, 0.5) is 0 Å². The lowest BCUT2D eigenvalue weighted by Gasteiger charge is -2.46. The molecule has 1 heterocycles. The van der Waals surface area contributed by atoms with Gasteiger partial charge in [-0.25, -0.2) is 0 Å². The first-order chi connectivity index (χ1) is 11.3. The molecule has 142 valence electrons. The molecule has 1 saturated heterocycles. The Morgan fingerprint density at radius 2 is 1.50 bits per heavy atom. The summed E-state index contributed by atoms with van der Waals surface area (Å²) < 4.78 is 6.00. The van der Waals surface area contributed by atoms with Gasteiger partial charge in [0.05, 0.1) is 12.2 Å². The van der Waals surface area contributed by atoms with Gasteiger partial charge < -0.3 is 4.74 Å². The maximum absolute atomic E-state index is 6.00. The van der Waals surface area contributed by atoms with Gasteiger partial charge in [0.1, 0.15) is 0 Å². The van der Waals surface area contributed by atoms with E-state index in [0.717, 1.165) is 5.92 Å². The van der Waals surface area contributed by atoms with E-state index in [9.17, 15) is 0 Å². The van der Waals surface area contributed by atoms with Crippen LogP contribution >= 0.6 is 0 Å².